The van der Waals surface area contributed by atoms with Gasteiger partial charge in [0.1, 0.15) is 5.75 Å². The first-order valence-corrected chi connectivity index (χ1v) is 5.98. The molecule has 18 heavy (non-hydrogen) atoms. The Kier molecular flexibility index (Phi) is 3.84. The molecular formula is C14H14ClNO2. The number of hydrogen-bond donors (Lipinski definition) is 1. The third-order valence-electron chi connectivity index (χ3n) is 2.68. The number of halogens is 1. The molecule has 2 rings (SSSR count). The first-order chi connectivity index (χ1) is 8.61. The Hall–Kier alpha value is -1.58. The SMILES string of the molecule is Cc1cc(Cl)cc(C)c1Oc1cnccc1CO. The van der Waals surface area contributed by atoms with Crippen LogP contribution >= 0.6 is 11.6 Å². The predicted molar refractivity (Wildman–Crippen MR) is 71.2 cm³/mol. The number of rotatable bonds is 3. The van der Waals surface area contributed by atoms with E-state index in [1.54, 1.807) is 18.5 Å². The van der Waals surface area contributed by atoms with Crippen molar-refractivity contribution in [3.05, 3.63) is 52.3 Å². The largest absolute Gasteiger partial charge is 0.455 e. The molecule has 3 nitrogen and oxygen atoms in total. The van der Waals surface area contributed by atoms with E-state index in [2.05, 4.69) is 4.98 Å². The number of nitrogens with zero attached hydrogens (tertiary/aromatic N) is 1. The van der Waals surface area contributed by atoms with Crippen LogP contribution in [0.3, 0.4) is 0 Å². The van der Waals surface area contributed by atoms with Crippen LogP contribution in [0, 0.1) is 13.8 Å². The van der Waals surface area contributed by atoms with E-state index >= 15 is 0 Å². The van der Waals surface area contributed by atoms with Crippen LogP contribution in [0.5, 0.6) is 11.5 Å². The minimum Gasteiger partial charge on any atom is -0.455 e. The highest BCUT2D eigenvalue weighted by atomic mass is 35.5. The van der Waals surface area contributed by atoms with Gasteiger partial charge in [0.2, 0.25) is 0 Å². The van der Waals surface area contributed by atoms with Crippen LogP contribution in [0.15, 0.2) is 30.6 Å². The van der Waals surface area contributed by atoms with Crippen molar-refractivity contribution in [3.63, 3.8) is 0 Å². The summed E-state index contributed by atoms with van der Waals surface area (Å²) in [6.45, 7) is 3.79. The third-order valence-corrected chi connectivity index (χ3v) is 2.90. The fraction of sp³-hybridized carbons (Fsp3) is 0.214. The van der Waals surface area contributed by atoms with Gasteiger partial charge < -0.3 is 9.84 Å². The quantitative estimate of drug-likeness (QED) is 0.919. The number of hydrogen-bond acceptors (Lipinski definition) is 3. The number of benzene rings is 1. The molecule has 2 aromatic rings. The molecular weight excluding hydrogens is 250 g/mol. The zero-order valence-electron chi connectivity index (χ0n) is 10.3. The maximum absolute atomic E-state index is 9.25. The van der Waals surface area contributed by atoms with E-state index in [1.165, 1.54) is 0 Å². The van der Waals surface area contributed by atoms with Crippen molar-refractivity contribution in [1.29, 1.82) is 0 Å². The van der Waals surface area contributed by atoms with Gasteiger partial charge in [-0.05, 0) is 43.2 Å². The monoisotopic (exact) mass is 263 g/mol. The molecule has 0 aliphatic heterocycles. The van der Waals surface area contributed by atoms with Gasteiger partial charge in [-0.1, -0.05) is 11.6 Å². The van der Waals surface area contributed by atoms with Crippen LogP contribution in [0.4, 0.5) is 0 Å². The van der Waals surface area contributed by atoms with Crippen molar-refractivity contribution in [3.8, 4) is 11.5 Å². The summed E-state index contributed by atoms with van der Waals surface area (Å²) in [5.41, 5.74) is 2.61. The van der Waals surface area contributed by atoms with Gasteiger partial charge >= 0.3 is 0 Å². The lowest BCUT2D eigenvalue weighted by Gasteiger charge is -2.14. The summed E-state index contributed by atoms with van der Waals surface area (Å²) in [6.07, 6.45) is 3.22. The van der Waals surface area contributed by atoms with E-state index in [1.807, 2.05) is 26.0 Å². The molecule has 0 aliphatic rings. The lowest BCUT2D eigenvalue weighted by atomic mass is 10.1. The van der Waals surface area contributed by atoms with Gasteiger partial charge in [-0.3, -0.25) is 4.98 Å². The Morgan fingerprint density at radius 3 is 2.56 bits per heavy atom. The summed E-state index contributed by atoms with van der Waals surface area (Å²) in [4.78, 5) is 4.00. The average Bonchev–Trinajstić information content (AvgIpc) is 2.34. The van der Waals surface area contributed by atoms with Crippen molar-refractivity contribution in [2.75, 3.05) is 0 Å². The van der Waals surface area contributed by atoms with Crippen LogP contribution < -0.4 is 4.74 Å². The summed E-state index contributed by atoms with van der Waals surface area (Å²) in [7, 11) is 0. The van der Waals surface area contributed by atoms with Gasteiger partial charge in [-0.2, -0.15) is 0 Å². The van der Waals surface area contributed by atoms with E-state index in [4.69, 9.17) is 16.3 Å². The number of aliphatic hydroxyl groups excluding tert-OH is 1. The van der Waals surface area contributed by atoms with Crippen LogP contribution in [-0.2, 0) is 6.61 Å². The lowest BCUT2D eigenvalue weighted by Crippen LogP contribution is -1.96. The van der Waals surface area contributed by atoms with Crippen LogP contribution in [0.2, 0.25) is 5.02 Å². The van der Waals surface area contributed by atoms with E-state index in [9.17, 15) is 5.11 Å². The van der Waals surface area contributed by atoms with Crippen molar-refractivity contribution >= 4 is 11.6 Å². The molecule has 0 unspecified atom stereocenters. The molecule has 0 aliphatic carbocycles. The summed E-state index contributed by atoms with van der Waals surface area (Å²) >= 11 is 5.98. The molecule has 0 spiro atoms. The Labute approximate surface area is 111 Å². The second kappa shape index (κ2) is 5.38. The number of aryl methyl sites for hydroxylation is 2. The van der Waals surface area contributed by atoms with Gasteiger partial charge in [0.15, 0.2) is 5.75 Å². The molecule has 0 saturated carbocycles. The van der Waals surface area contributed by atoms with E-state index in [-0.39, 0.29) is 6.61 Å². The van der Waals surface area contributed by atoms with Crippen molar-refractivity contribution in [2.24, 2.45) is 0 Å². The second-order valence-corrected chi connectivity index (χ2v) is 4.55. The van der Waals surface area contributed by atoms with Crippen LogP contribution in [-0.4, -0.2) is 10.1 Å². The highest BCUT2D eigenvalue weighted by Crippen LogP contribution is 2.32. The minimum atomic E-state index is -0.0798. The van der Waals surface area contributed by atoms with Gasteiger partial charge in [-0.25, -0.2) is 0 Å². The maximum atomic E-state index is 9.25. The predicted octanol–water partition coefficient (Wildman–Crippen LogP) is 3.64. The maximum Gasteiger partial charge on any atom is 0.151 e. The topological polar surface area (TPSA) is 42.4 Å². The zero-order chi connectivity index (χ0) is 13.1. The third kappa shape index (κ3) is 2.63. The zero-order valence-corrected chi connectivity index (χ0v) is 11.0. The molecule has 1 N–H and O–H groups in total. The molecule has 0 bridgehead atoms. The Morgan fingerprint density at radius 1 is 1.28 bits per heavy atom. The van der Waals surface area contributed by atoms with Crippen molar-refractivity contribution < 1.29 is 9.84 Å². The van der Waals surface area contributed by atoms with Gasteiger partial charge in [0.25, 0.3) is 0 Å². The Morgan fingerprint density at radius 2 is 1.94 bits per heavy atom. The van der Waals surface area contributed by atoms with Crippen molar-refractivity contribution in [1.82, 2.24) is 4.98 Å². The highest BCUT2D eigenvalue weighted by Gasteiger charge is 2.09. The minimum absolute atomic E-state index is 0.0798. The highest BCUT2D eigenvalue weighted by molar-refractivity contribution is 6.30. The molecule has 0 radical (unpaired) electrons. The van der Waals surface area contributed by atoms with Crippen LogP contribution in [0.1, 0.15) is 16.7 Å². The molecule has 0 atom stereocenters. The average molecular weight is 264 g/mol. The number of ether oxygens (including phenoxy) is 1. The molecule has 1 aromatic heterocycles. The number of pyridine rings is 1. The molecule has 4 heteroatoms. The van der Waals surface area contributed by atoms with E-state index in [0.717, 1.165) is 16.9 Å². The second-order valence-electron chi connectivity index (χ2n) is 4.11. The summed E-state index contributed by atoms with van der Waals surface area (Å²) in [5.74, 6) is 1.32. The lowest BCUT2D eigenvalue weighted by molar-refractivity contribution is 0.276. The summed E-state index contributed by atoms with van der Waals surface area (Å²) in [5, 5.41) is 9.94. The molecule has 0 saturated heterocycles. The molecule has 94 valence electrons. The van der Waals surface area contributed by atoms with Gasteiger partial charge in [-0.15, -0.1) is 0 Å². The van der Waals surface area contributed by atoms with Crippen molar-refractivity contribution in [2.45, 2.75) is 20.5 Å². The summed E-state index contributed by atoms with van der Waals surface area (Å²) in [6, 6.07) is 5.42. The smallest absolute Gasteiger partial charge is 0.151 e. The standard InChI is InChI=1S/C14H14ClNO2/c1-9-5-12(15)6-10(2)14(9)18-13-7-16-4-3-11(13)8-17/h3-7,17H,8H2,1-2H3. The first kappa shape index (κ1) is 12.9. The molecule has 0 amide bonds. The first-order valence-electron chi connectivity index (χ1n) is 5.60. The fourth-order valence-corrected chi connectivity index (χ4v) is 2.13. The summed E-state index contributed by atoms with van der Waals surface area (Å²) < 4.78 is 5.84. The Bertz CT molecular complexity index is 546. The number of aromatic nitrogens is 1. The number of aliphatic hydroxyl groups is 1. The Balaban J connectivity index is 2.40. The van der Waals surface area contributed by atoms with Crippen LogP contribution in [0.25, 0.3) is 0 Å². The molecule has 1 heterocycles. The molecule has 0 fully saturated rings. The fourth-order valence-electron chi connectivity index (χ4n) is 1.80. The van der Waals surface area contributed by atoms with Gasteiger partial charge in [0.05, 0.1) is 12.8 Å². The molecule has 1 aromatic carbocycles. The van der Waals surface area contributed by atoms with E-state index < -0.39 is 0 Å². The normalized spacial score (nSPS) is 10.4. The van der Waals surface area contributed by atoms with Gasteiger partial charge in [0, 0.05) is 16.8 Å². The van der Waals surface area contributed by atoms with E-state index in [0.29, 0.717) is 16.3 Å².